The molecule has 0 unspecified atom stereocenters. The molecule has 0 saturated heterocycles. The summed E-state index contributed by atoms with van der Waals surface area (Å²) in [5.74, 6) is 1.03. The molecule has 0 spiro atoms. The number of para-hydroxylation sites is 1. The number of methoxy groups -OCH3 is 3. The monoisotopic (exact) mass is 422 g/mol. The van der Waals surface area contributed by atoms with Crippen molar-refractivity contribution in [3.8, 4) is 17.2 Å². The number of benzene rings is 2. The van der Waals surface area contributed by atoms with Crippen molar-refractivity contribution in [1.82, 2.24) is 9.21 Å². The summed E-state index contributed by atoms with van der Waals surface area (Å²) < 4.78 is 42.3. The molecule has 0 bridgehead atoms. The third-order valence-electron chi connectivity index (χ3n) is 4.45. The molecule has 0 heterocycles. The second kappa shape index (κ2) is 9.62. The summed E-state index contributed by atoms with van der Waals surface area (Å²) in [5.41, 5.74) is 0.830. The average molecular weight is 423 g/mol. The molecular formula is C20H26N2O6S. The highest BCUT2D eigenvalue weighted by molar-refractivity contribution is 7.89. The Morgan fingerprint density at radius 3 is 2.14 bits per heavy atom. The predicted molar refractivity (Wildman–Crippen MR) is 109 cm³/mol. The van der Waals surface area contributed by atoms with Gasteiger partial charge in [-0.1, -0.05) is 18.2 Å². The minimum absolute atomic E-state index is 0.0119. The molecule has 0 fully saturated rings. The van der Waals surface area contributed by atoms with Crippen LogP contribution in [-0.2, 0) is 21.4 Å². The van der Waals surface area contributed by atoms with E-state index < -0.39 is 10.0 Å². The van der Waals surface area contributed by atoms with Crippen molar-refractivity contribution in [2.45, 2.75) is 11.4 Å². The molecule has 0 aromatic heterocycles. The van der Waals surface area contributed by atoms with Gasteiger partial charge in [-0.25, -0.2) is 8.42 Å². The van der Waals surface area contributed by atoms with E-state index in [4.69, 9.17) is 14.2 Å². The lowest BCUT2D eigenvalue weighted by atomic mass is 10.2. The molecule has 29 heavy (non-hydrogen) atoms. The normalized spacial score (nSPS) is 11.2. The van der Waals surface area contributed by atoms with Gasteiger partial charge in [-0.3, -0.25) is 4.79 Å². The van der Waals surface area contributed by atoms with Crippen molar-refractivity contribution in [2.24, 2.45) is 0 Å². The van der Waals surface area contributed by atoms with E-state index in [0.29, 0.717) is 23.8 Å². The number of sulfonamides is 1. The summed E-state index contributed by atoms with van der Waals surface area (Å²) in [6.45, 7) is -0.00454. The quantitative estimate of drug-likeness (QED) is 0.614. The van der Waals surface area contributed by atoms with Gasteiger partial charge in [-0.2, -0.15) is 4.31 Å². The summed E-state index contributed by atoms with van der Waals surface area (Å²) in [4.78, 5) is 14.1. The van der Waals surface area contributed by atoms with E-state index in [1.807, 2.05) is 18.2 Å². The summed E-state index contributed by atoms with van der Waals surface area (Å²) in [6.07, 6.45) is 0. The summed E-state index contributed by atoms with van der Waals surface area (Å²) in [5, 5.41) is 0. The van der Waals surface area contributed by atoms with Crippen LogP contribution in [0, 0.1) is 0 Å². The maximum atomic E-state index is 12.9. The molecule has 0 atom stereocenters. The molecule has 0 aliphatic heterocycles. The van der Waals surface area contributed by atoms with Crippen LogP contribution in [0.3, 0.4) is 0 Å². The fraction of sp³-hybridized carbons (Fsp3) is 0.350. The Kier molecular flexibility index (Phi) is 7.46. The van der Waals surface area contributed by atoms with Gasteiger partial charge < -0.3 is 19.1 Å². The molecule has 0 saturated carbocycles. The second-order valence-corrected chi connectivity index (χ2v) is 8.38. The van der Waals surface area contributed by atoms with Gasteiger partial charge in [0.05, 0.1) is 32.8 Å². The van der Waals surface area contributed by atoms with Crippen LogP contribution >= 0.6 is 0 Å². The molecule has 2 aromatic carbocycles. The molecule has 1 amide bonds. The SMILES string of the molecule is COc1ccccc1CN(C)C(=O)CN(C)S(=O)(=O)c1ccc(OC)c(OC)c1. The van der Waals surface area contributed by atoms with Gasteiger partial charge in [0, 0.05) is 32.3 Å². The van der Waals surface area contributed by atoms with E-state index in [9.17, 15) is 13.2 Å². The molecule has 0 aliphatic rings. The van der Waals surface area contributed by atoms with Crippen molar-refractivity contribution in [3.05, 3.63) is 48.0 Å². The number of nitrogens with zero attached hydrogens (tertiary/aromatic N) is 2. The van der Waals surface area contributed by atoms with Crippen molar-refractivity contribution < 1.29 is 27.4 Å². The van der Waals surface area contributed by atoms with Crippen molar-refractivity contribution in [2.75, 3.05) is 42.0 Å². The standard InChI is InChI=1S/C20H26N2O6S/c1-21(13-15-8-6-7-9-17(15)26-3)20(23)14-22(2)29(24,25)16-10-11-18(27-4)19(12-16)28-5/h6-12H,13-14H2,1-5H3. The Morgan fingerprint density at radius 2 is 1.52 bits per heavy atom. The molecule has 0 N–H and O–H groups in total. The topological polar surface area (TPSA) is 85.4 Å². The van der Waals surface area contributed by atoms with Gasteiger partial charge >= 0.3 is 0 Å². The smallest absolute Gasteiger partial charge is 0.243 e. The van der Waals surface area contributed by atoms with E-state index in [2.05, 4.69) is 0 Å². The van der Waals surface area contributed by atoms with Crippen molar-refractivity contribution >= 4 is 15.9 Å². The predicted octanol–water partition coefficient (Wildman–Crippen LogP) is 1.99. The Balaban J connectivity index is 2.13. The number of carbonyl (C=O) groups is 1. The number of ether oxygens (including phenoxy) is 3. The number of amides is 1. The fourth-order valence-electron chi connectivity index (χ4n) is 2.73. The molecule has 9 heteroatoms. The van der Waals surface area contributed by atoms with Crippen LogP contribution in [0.4, 0.5) is 0 Å². The highest BCUT2D eigenvalue weighted by atomic mass is 32.2. The third-order valence-corrected chi connectivity index (χ3v) is 6.25. The van der Waals surface area contributed by atoms with E-state index >= 15 is 0 Å². The van der Waals surface area contributed by atoms with Gasteiger partial charge in [-0.15, -0.1) is 0 Å². The number of carbonyl (C=O) groups excluding carboxylic acids is 1. The van der Waals surface area contributed by atoms with E-state index in [0.717, 1.165) is 9.87 Å². The van der Waals surface area contributed by atoms with Crippen LogP contribution in [-0.4, -0.2) is 65.5 Å². The zero-order valence-corrected chi connectivity index (χ0v) is 18.0. The number of hydrogen-bond acceptors (Lipinski definition) is 6. The molecular weight excluding hydrogens is 396 g/mol. The largest absolute Gasteiger partial charge is 0.496 e. The van der Waals surface area contributed by atoms with Crippen LogP contribution < -0.4 is 14.2 Å². The Hall–Kier alpha value is -2.78. The molecule has 8 nitrogen and oxygen atoms in total. The Bertz CT molecular complexity index is 961. The van der Waals surface area contributed by atoms with Gasteiger partial charge in [0.2, 0.25) is 15.9 Å². The highest BCUT2D eigenvalue weighted by Gasteiger charge is 2.25. The van der Waals surface area contributed by atoms with Crippen LogP contribution in [0.2, 0.25) is 0 Å². The van der Waals surface area contributed by atoms with Crippen molar-refractivity contribution in [1.29, 1.82) is 0 Å². The summed E-state index contributed by atoms with van der Waals surface area (Å²) in [6, 6.07) is 11.6. The summed E-state index contributed by atoms with van der Waals surface area (Å²) >= 11 is 0. The maximum Gasteiger partial charge on any atom is 0.243 e. The van der Waals surface area contributed by atoms with Crippen LogP contribution in [0.1, 0.15) is 5.56 Å². The molecule has 2 aromatic rings. The third kappa shape index (κ3) is 5.18. The minimum Gasteiger partial charge on any atom is -0.496 e. The first kappa shape index (κ1) is 22.5. The first-order valence-electron chi connectivity index (χ1n) is 8.78. The molecule has 158 valence electrons. The minimum atomic E-state index is -3.89. The number of likely N-dealkylation sites (N-methyl/N-ethyl adjacent to an activating group) is 2. The number of rotatable bonds is 9. The molecule has 0 aliphatic carbocycles. The first-order chi connectivity index (χ1) is 13.7. The summed E-state index contributed by atoms with van der Waals surface area (Å²) in [7, 11) is 3.54. The van der Waals surface area contributed by atoms with E-state index in [-0.39, 0.29) is 17.3 Å². The van der Waals surface area contributed by atoms with Crippen LogP contribution in [0.5, 0.6) is 17.2 Å². The second-order valence-electron chi connectivity index (χ2n) is 6.34. The Morgan fingerprint density at radius 1 is 0.897 bits per heavy atom. The lowest BCUT2D eigenvalue weighted by Gasteiger charge is -2.23. The number of hydrogen-bond donors (Lipinski definition) is 0. The average Bonchev–Trinajstić information content (AvgIpc) is 2.73. The van der Waals surface area contributed by atoms with E-state index in [1.165, 1.54) is 44.4 Å². The maximum absolute atomic E-state index is 12.9. The van der Waals surface area contributed by atoms with Gasteiger partial charge in [0.1, 0.15) is 5.75 Å². The van der Waals surface area contributed by atoms with Gasteiger partial charge in [-0.05, 0) is 18.2 Å². The molecule has 2 rings (SSSR count). The first-order valence-corrected chi connectivity index (χ1v) is 10.2. The van der Waals surface area contributed by atoms with Crippen LogP contribution in [0.15, 0.2) is 47.4 Å². The van der Waals surface area contributed by atoms with Gasteiger partial charge in [0.15, 0.2) is 11.5 Å². The van der Waals surface area contributed by atoms with E-state index in [1.54, 1.807) is 20.2 Å². The highest BCUT2D eigenvalue weighted by Crippen LogP contribution is 2.30. The Labute approximate surface area is 171 Å². The zero-order valence-electron chi connectivity index (χ0n) is 17.2. The lowest BCUT2D eigenvalue weighted by Crippen LogP contribution is -2.39. The van der Waals surface area contributed by atoms with Crippen LogP contribution in [0.25, 0.3) is 0 Å². The van der Waals surface area contributed by atoms with Gasteiger partial charge in [0.25, 0.3) is 0 Å². The fourth-order valence-corrected chi connectivity index (χ4v) is 3.87. The molecule has 0 radical (unpaired) electrons. The van der Waals surface area contributed by atoms with Crippen molar-refractivity contribution in [3.63, 3.8) is 0 Å². The zero-order chi connectivity index (χ0) is 21.6. The lowest BCUT2D eigenvalue weighted by molar-refractivity contribution is -0.130.